The number of hydrogen-bond donors (Lipinski definition) is 4. The van der Waals surface area contributed by atoms with Gasteiger partial charge in [-0.05, 0) is 48.6 Å². The third kappa shape index (κ3) is 3.85. The van der Waals surface area contributed by atoms with E-state index in [1.807, 2.05) is 4.90 Å². The molecule has 1 aliphatic carbocycles. The SMILES string of the molecule is NCCCNS(=O)(=O)c1ccc(N2CC3CC3C2)c(-c2nn[nH]n2)c1S(N)(=O)=O. The fourth-order valence-corrected chi connectivity index (χ4v) is 6.44. The highest BCUT2D eigenvalue weighted by atomic mass is 32.2. The van der Waals surface area contributed by atoms with E-state index in [0.717, 1.165) is 19.5 Å². The highest BCUT2D eigenvalue weighted by Gasteiger charge is 2.46. The Morgan fingerprint density at radius 3 is 2.52 bits per heavy atom. The Balaban J connectivity index is 1.90. The lowest BCUT2D eigenvalue weighted by Crippen LogP contribution is -2.30. The summed E-state index contributed by atoms with van der Waals surface area (Å²) < 4.78 is 53.1. The molecule has 1 saturated heterocycles. The lowest BCUT2D eigenvalue weighted by molar-refractivity contribution is 0.572. The van der Waals surface area contributed by atoms with E-state index in [4.69, 9.17) is 10.9 Å². The zero-order valence-electron chi connectivity index (χ0n) is 15.4. The van der Waals surface area contributed by atoms with Crippen molar-refractivity contribution in [3.8, 4) is 11.4 Å². The van der Waals surface area contributed by atoms with Gasteiger partial charge in [0.05, 0.1) is 5.56 Å². The monoisotopic (exact) mass is 442 g/mol. The summed E-state index contributed by atoms with van der Waals surface area (Å²) in [7, 11) is -8.62. The molecule has 0 spiro atoms. The van der Waals surface area contributed by atoms with Gasteiger partial charge in [-0.15, -0.1) is 10.2 Å². The minimum atomic E-state index is -4.45. The van der Waals surface area contributed by atoms with Crippen molar-refractivity contribution < 1.29 is 16.8 Å². The highest BCUT2D eigenvalue weighted by molar-refractivity contribution is 7.92. The number of rotatable bonds is 8. The van der Waals surface area contributed by atoms with Crippen LogP contribution >= 0.6 is 0 Å². The molecule has 1 aromatic carbocycles. The average molecular weight is 443 g/mol. The van der Waals surface area contributed by atoms with Crippen molar-refractivity contribution in [2.45, 2.75) is 22.6 Å². The summed E-state index contributed by atoms with van der Waals surface area (Å²) >= 11 is 0. The maximum atomic E-state index is 12.8. The second kappa shape index (κ2) is 7.28. The Hall–Kier alpha value is -2.13. The molecule has 0 bridgehead atoms. The largest absolute Gasteiger partial charge is 0.370 e. The molecule has 2 aliphatic rings. The maximum Gasteiger partial charge on any atom is 0.241 e. The van der Waals surface area contributed by atoms with Crippen LogP contribution in [0.25, 0.3) is 11.4 Å². The fourth-order valence-electron chi connectivity index (χ4n) is 3.78. The lowest BCUT2D eigenvalue weighted by atomic mass is 10.1. The first-order chi connectivity index (χ1) is 13.7. The number of anilines is 1. The number of tetrazole rings is 1. The lowest BCUT2D eigenvalue weighted by Gasteiger charge is -2.25. The molecule has 1 saturated carbocycles. The molecule has 14 heteroatoms. The van der Waals surface area contributed by atoms with E-state index in [0.29, 0.717) is 23.9 Å². The number of nitrogens with two attached hydrogens (primary N) is 2. The van der Waals surface area contributed by atoms with Crippen molar-refractivity contribution >= 4 is 25.7 Å². The second-order valence-corrected chi connectivity index (χ2v) is 10.5. The molecule has 158 valence electrons. The average Bonchev–Trinajstić information content (AvgIpc) is 3.07. The predicted molar refractivity (Wildman–Crippen MR) is 104 cm³/mol. The Kier molecular flexibility index (Phi) is 5.06. The van der Waals surface area contributed by atoms with Crippen LogP contribution in [0.3, 0.4) is 0 Å². The van der Waals surface area contributed by atoms with E-state index in [1.165, 1.54) is 6.07 Å². The molecule has 2 aromatic rings. The summed E-state index contributed by atoms with van der Waals surface area (Å²) in [4.78, 5) is 1.01. The van der Waals surface area contributed by atoms with Gasteiger partial charge in [0, 0.05) is 25.3 Å². The van der Waals surface area contributed by atoms with Gasteiger partial charge in [0.15, 0.2) is 0 Å². The number of aromatic amines is 1. The molecule has 4 rings (SSSR count). The highest BCUT2D eigenvalue weighted by Crippen LogP contribution is 2.48. The molecular weight excluding hydrogens is 420 g/mol. The van der Waals surface area contributed by atoms with Crippen LogP contribution < -0.4 is 20.5 Å². The van der Waals surface area contributed by atoms with Crippen molar-refractivity contribution in [3.63, 3.8) is 0 Å². The smallest absolute Gasteiger partial charge is 0.241 e. The number of H-pyrrole nitrogens is 1. The van der Waals surface area contributed by atoms with Crippen LogP contribution in [0.2, 0.25) is 0 Å². The number of benzene rings is 1. The zero-order chi connectivity index (χ0) is 20.8. The van der Waals surface area contributed by atoms with Crippen molar-refractivity contribution in [2.24, 2.45) is 22.7 Å². The molecular formula is C15H22N8O4S2. The fraction of sp³-hybridized carbons (Fsp3) is 0.533. The summed E-state index contributed by atoms with van der Waals surface area (Å²) in [5.74, 6) is 1.09. The minimum Gasteiger partial charge on any atom is -0.370 e. The topological polar surface area (TPSA) is 190 Å². The van der Waals surface area contributed by atoms with Gasteiger partial charge in [0.2, 0.25) is 25.9 Å². The van der Waals surface area contributed by atoms with Crippen LogP contribution in [0.5, 0.6) is 0 Å². The number of fused-ring (bicyclic) bond motifs is 1. The normalized spacial score (nSPS) is 21.4. The molecule has 2 heterocycles. The number of nitrogens with zero attached hydrogens (tertiary/aromatic N) is 4. The Morgan fingerprint density at radius 2 is 1.93 bits per heavy atom. The molecule has 2 atom stereocenters. The van der Waals surface area contributed by atoms with Crippen LogP contribution in [-0.4, -0.2) is 63.6 Å². The summed E-state index contributed by atoms with van der Waals surface area (Å²) in [6.45, 7) is 1.85. The zero-order valence-corrected chi connectivity index (χ0v) is 17.1. The minimum absolute atomic E-state index is 0.0317. The van der Waals surface area contributed by atoms with Crippen LogP contribution in [0.15, 0.2) is 21.9 Å². The number of piperidine rings is 1. The molecule has 1 aliphatic heterocycles. The van der Waals surface area contributed by atoms with E-state index in [2.05, 4.69) is 25.3 Å². The molecule has 2 unspecified atom stereocenters. The van der Waals surface area contributed by atoms with Gasteiger partial charge >= 0.3 is 0 Å². The number of sulfonamides is 2. The van der Waals surface area contributed by atoms with Gasteiger partial charge in [-0.3, -0.25) is 0 Å². The second-order valence-electron chi connectivity index (χ2n) is 7.27. The molecule has 6 N–H and O–H groups in total. The number of nitrogens with one attached hydrogen (secondary N) is 2. The summed E-state index contributed by atoms with van der Waals surface area (Å²) in [5.41, 5.74) is 5.95. The van der Waals surface area contributed by atoms with Crippen molar-refractivity contribution in [1.82, 2.24) is 25.3 Å². The van der Waals surface area contributed by atoms with Gasteiger partial charge in [-0.25, -0.2) is 26.7 Å². The van der Waals surface area contributed by atoms with E-state index in [9.17, 15) is 16.8 Å². The summed E-state index contributed by atoms with van der Waals surface area (Å²) in [6, 6.07) is 2.83. The molecule has 0 radical (unpaired) electrons. The van der Waals surface area contributed by atoms with Crippen LogP contribution in [-0.2, 0) is 20.0 Å². The van der Waals surface area contributed by atoms with Crippen molar-refractivity contribution in [2.75, 3.05) is 31.1 Å². The number of hydrogen-bond acceptors (Lipinski definition) is 9. The first-order valence-electron chi connectivity index (χ1n) is 9.10. The van der Waals surface area contributed by atoms with Crippen LogP contribution in [0.1, 0.15) is 12.8 Å². The van der Waals surface area contributed by atoms with Crippen molar-refractivity contribution in [1.29, 1.82) is 0 Å². The van der Waals surface area contributed by atoms with Crippen molar-refractivity contribution in [3.05, 3.63) is 12.1 Å². The van der Waals surface area contributed by atoms with Crippen LogP contribution in [0, 0.1) is 11.8 Å². The van der Waals surface area contributed by atoms with Gasteiger partial charge in [-0.1, -0.05) is 0 Å². The molecule has 2 fully saturated rings. The Bertz CT molecular complexity index is 1110. The van der Waals surface area contributed by atoms with Crippen LogP contribution in [0.4, 0.5) is 5.69 Å². The first-order valence-corrected chi connectivity index (χ1v) is 12.1. The maximum absolute atomic E-state index is 12.8. The van der Waals surface area contributed by atoms with E-state index in [-0.39, 0.29) is 24.5 Å². The summed E-state index contributed by atoms with van der Waals surface area (Å²) in [6.07, 6.45) is 1.55. The molecule has 29 heavy (non-hydrogen) atoms. The Morgan fingerprint density at radius 1 is 1.21 bits per heavy atom. The van der Waals surface area contributed by atoms with E-state index >= 15 is 0 Å². The van der Waals surface area contributed by atoms with Gasteiger partial charge in [-0.2, -0.15) is 5.21 Å². The quantitative estimate of drug-likeness (QED) is 0.356. The first kappa shape index (κ1) is 20.2. The number of aromatic nitrogens is 4. The number of primary sulfonamides is 1. The van der Waals surface area contributed by atoms with Gasteiger partial charge in [0.1, 0.15) is 9.79 Å². The summed E-state index contributed by atoms with van der Waals surface area (Å²) in [5, 5.41) is 19.0. The van der Waals surface area contributed by atoms with E-state index < -0.39 is 29.8 Å². The van der Waals surface area contributed by atoms with E-state index in [1.54, 1.807) is 6.07 Å². The Labute approximate surface area is 168 Å². The third-order valence-corrected chi connectivity index (χ3v) is 7.86. The molecule has 12 nitrogen and oxygen atoms in total. The molecule has 0 amide bonds. The standard InChI is InChI=1S/C15H22N8O4S2/c16-4-1-5-18-29(26,27)12-3-2-11(23-7-9-6-10(9)8-23)13(14(12)28(17,24)25)15-19-21-22-20-15/h2-3,9-10,18H,1,4-8,16H2,(H2,17,24,25)(H,19,20,21,22). The third-order valence-electron chi connectivity index (χ3n) is 5.24. The predicted octanol–water partition coefficient (Wildman–Crippen LogP) is -1.40. The van der Waals surface area contributed by atoms with Gasteiger partial charge < -0.3 is 10.6 Å². The molecule has 1 aromatic heterocycles. The van der Waals surface area contributed by atoms with Gasteiger partial charge in [0.25, 0.3) is 0 Å².